The number of pyridine rings is 1. The van der Waals surface area contributed by atoms with E-state index in [9.17, 15) is 0 Å². The lowest BCUT2D eigenvalue weighted by molar-refractivity contribution is -2.00. The molecule has 0 aliphatic rings. The van der Waals surface area contributed by atoms with E-state index in [0.717, 1.165) is 6.54 Å². The zero-order valence-electron chi connectivity index (χ0n) is 9.18. The Morgan fingerprint density at radius 1 is 1.19 bits per heavy atom. The van der Waals surface area contributed by atoms with Crippen molar-refractivity contribution in [2.75, 3.05) is 0 Å². The standard InChI is InChI=1S/C10H14N.ClHO4/c1-4-8-11-9(2)6-5-7-10(11)3;2-1(3,4)5/h4-7H,1,8H2,2-3H3;(H,2,3,4,5)/q+1;/p-1. The first kappa shape index (κ1) is 15.0. The molecule has 16 heavy (non-hydrogen) atoms. The van der Waals surface area contributed by atoms with Crippen LogP contribution < -0.4 is 23.2 Å². The number of allylic oxidation sites excluding steroid dienone is 1. The van der Waals surface area contributed by atoms with E-state index in [4.69, 9.17) is 18.6 Å². The Labute approximate surface area is 96.6 Å². The summed E-state index contributed by atoms with van der Waals surface area (Å²) in [7, 11) is -4.94. The molecule has 0 aliphatic heterocycles. The molecule has 0 aliphatic carbocycles. The first-order valence-electron chi connectivity index (χ1n) is 4.44. The fourth-order valence-electron chi connectivity index (χ4n) is 1.20. The summed E-state index contributed by atoms with van der Waals surface area (Å²) in [6.45, 7) is 8.83. The minimum Gasteiger partial charge on any atom is -0.222 e. The van der Waals surface area contributed by atoms with Crippen LogP contribution in [0, 0.1) is 24.1 Å². The third kappa shape index (κ3) is 7.33. The quantitative estimate of drug-likeness (QED) is 0.412. The van der Waals surface area contributed by atoms with Gasteiger partial charge in [0.2, 0.25) is 0 Å². The molecular weight excluding hydrogens is 234 g/mol. The minimum absolute atomic E-state index is 0.901. The molecule has 0 amide bonds. The highest BCUT2D eigenvalue weighted by Crippen LogP contribution is 1.93. The zero-order valence-corrected chi connectivity index (χ0v) is 9.94. The van der Waals surface area contributed by atoms with E-state index in [-0.39, 0.29) is 0 Å². The predicted octanol–water partition coefficient (Wildman–Crippen LogP) is -2.98. The Bertz CT molecular complexity index is 323. The molecule has 1 heterocycles. The van der Waals surface area contributed by atoms with Crippen LogP contribution >= 0.6 is 0 Å². The monoisotopic (exact) mass is 247 g/mol. The molecule has 1 aromatic heterocycles. The van der Waals surface area contributed by atoms with E-state index < -0.39 is 10.2 Å². The van der Waals surface area contributed by atoms with Crippen LogP contribution in [-0.4, -0.2) is 0 Å². The maximum Gasteiger partial charge on any atom is 0.178 e. The summed E-state index contributed by atoms with van der Waals surface area (Å²) in [6, 6.07) is 6.29. The smallest absolute Gasteiger partial charge is 0.178 e. The number of hydrogen-bond acceptors (Lipinski definition) is 4. The number of halogens is 1. The average Bonchev–Trinajstić information content (AvgIpc) is 2.09. The number of nitrogens with zero attached hydrogens (tertiary/aromatic N) is 1. The van der Waals surface area contributed by atoms with E-state index in [1.807, 2.05) is 6.08 Å². The fourth-order valence-corrected chi connectivity index (χ4v) is 1.20. The van der Waals surface area contributed by atoms with Crippen LogP contribution in [0.3, 0.4) is 0 Å². The maximum absolute atomic E-state index is 8.49. The minimum atomic E-state index is -4.94. The van der Waals surface area contributed by atoms with Gasteiger partial charge in [-0.05, 0) is 12.1 Å². The number of aryl methyl sites for hydroxylation is 2. The highest BCUT2D eigenvalue weighted by molar-refractivity contribution is 5.00. The fraction of sp³-hybridized carbons (Fsp3) is 0.300. The first-order valence-corrected chi connectivity index (χ1v) is 5.68. The van der Waals surface area contributed by atoms with Gasteiger partial charge in [-0.2, -0.15) is 4.57 Å². The highest BCUT2D eigenvalue weighted by atomic mass is 35.7. The van der Waals surface area contributed by atoms with E-state index >= 15 is 0 Å². The van der Waals surface area contributed by atoms with Crippen LogP contribution in [0.5, 0.6) is 0 Å². The maximum atomic E-state index is 8.49. The van der Waals surface area contributed by atoms with Crippen molar-refractivity contribution < 1.29 is 33.4 Å². The summed E-state index contributed by atoms with van der Waals surface area (Å²) in [6.07, 6.45) is 1.92. The van der Waals surface area contributed by atoms with Crippen LogP contribution in [0.15, 0.2) is 30.9 Å². The van der Waals surface area contributed by atoms with Gasteiger partial charge in [0.25, 0.3) is 0 Å². The highest BCUT2D eigenvalue weighted by Gasteiger charge is 2.05. The first-order chi connectivity index (χ1) is 7.25. The largest absolute Gasteiger partial charge is 0.222 e. The molecule has 90 valence electrons. The number of rotatable bonds is 2. The van der Waals surface area contributed by atoms with Crippen molar-refractivity contribution in [3.8, 4) is 0 Å². The molecule has 6 heteroatoms. The van der Waals surface area contributed by atoms with Gasteiger partial charge in [0.15, 0.2) is 17.9 Å². The van der Waals surface area contributed by atoms with E-state index in [2.05, 4.69) is 43.2 Å². The molecule has 0 saturated carbocycles. The van der Waals surface area contributed by atoms with E-state index in [0.29, 0.717) is 0 Å². The molecule has 0 unspecified atom stereocenters. The van der Waals surface area contributed by atoms with Crippen molar-refractivity contribution in [3.05, 3.63) is 42.2 Å². The lowest BCUT2D eigenvalue weighted by Gasteiger charge is -2.17. The average molecular weight is 248 g/mol. The van der Waals surface area contributed by atoms with Gasteiger partial charge in [0.1, 0.15) is 0 Å². The Hall–Kier alpha value is -0.980. The van der Waals surface area contributed by atoms with E-state index in [1.165, 1.54) is 11.4 Å². The lowest BCUT2D eigenvalue weighted by atomic mass is 10.3. The van der Waals surface area contributed by atoms with Gasteiger partial charge in [-0.15, -0.1) is 10.2 Å². The molecule has 1 rings (SSSR count). The number of aromatic nitrogens is 1. The van der Waals surface area contributed by atoms with Gasteiger partial charge >= 0.3 is 0 Å². The van der Waals surface area contributed by atoms with Crippen molar-refractivity contribution >= 4 is 0 Å². The van der Waals surface area contributed by atoms with Crippen LogP contribution in [0.25, 0.3) is 0 Å². The summed E-state index contributed by atoms with van der Waals surface area (Å²) in [5.41, 5.74) is 2.56. The Kier molecular flexibility index (Phi) is 6.17. The third-order valence-electron chi connectivity index (χ3n) is 1.84. The van der Waals surface area contributed by atoms with Crippen molar-refractivity contribution in [1.82, 2.24) is 0 Å². The topological polar surface area (TPSA) is 96.1 Å². The summed E-state index contributed by atoms with van der Waals surface area (Å²) in [5.74, 6) is 0. The van der Waals surface area contributed by atoms with Crippen molar-refractivity contribution in [1.29, 1.82) is 0 Å². The normalized spacial score (nSPS) is 10.4. The van der Waals surface area contributed by atoms with Crippen LogP contribution in [-0.2, 0) is 6.54 Å². The lowest BCUT2D eigenvalue weighted by Crippen LogP contribution is -2.68. The van der Waals surface area contributed by atoms with Crippen LogP contribution in [0.4, 0.5) is 0 Å². The molecule has 0 radical (unpaired) electrons. The number of hydrogen-bond donors (Lipinski definition) is 0. The van der Waals surface area contributed by atoms with Gasteiger partial charge < -0.3 is 0 Å². The van der Waals surface area contributed by atoms with Crippen LogP contribution in [0.1, 0.15) is 11.4 Å². The van der Waals surface area contributed by atoms with E-state index in [1.54, 1.807) is 0 Å². The molecule has 0 spiro atoms. The van der Waals surface area contributed by atoms with Crippen molar-refractivity contribution in [2.45, 2.75) is 20.4 Å². The van der Waals surface area contributed by atoms with Crippen molar-refractivity contribution in [2.24, 2.45) is 0 Å². The molecule has 5 nitrogen and oxygen atoms in total. The SMILES string of the molecule is C=CC[n+]1c(C)cccc1C.[O-][Cl+3]([O-])([O-])[O-]. The molecule has 0 atom stereocenters. The second-order valence-corrected chi connectivity index (χ2v) is 3.84. The summed E-state index contributed by atoms with van der Waals surface area (Å²) < 4.78 is 36.2. The Morgan fingerprint density at radius 3 is 1.88 bits per heavy atom. The second-order valence-electron chi connectivity index (χ2n) is 3.09. The Morgan fingerprint density at radius 2 is 1.56 bits per heavy atom. The van der Waals surface area contributed by atoms with Crippen LogP contribution in [0.2, 0.25) is 0 Å². The van der Waals surface area contributed by atoms with Crippen molar-refractivity contribution in [3.63, 3.8) is 0 Å². The van der Waals surface area contributed by atoms with Gasteiger partial charge in [0, 0.05) is 26.0 Å². The predicted molar refractivity (Wildman–Crippen MR) is 46.3 cm³/mol. The molecule has 0 N–H and O–H groups in total. The molecule has 0 bridgehead atoms. The molecule has 1 aromatic rings. The molecular formula is C10H14ClNO4. The van der Waals surface area contributed by atoms with Gasteiger partial charge in [-0.25, -0.2) is 18.6 Å². The summed E-state index contributed by atoms with van der Waals surface area (Å²) in [5, 5.41) is 0. The van der Waals surface area contributed by atoms with Gasteiger partial charge in [0.05, 0.1) is 0 Å². The summed E-state index contributed by atoms with van der Waals surface area (Å²) >= 11 is 0. The zero-order chi connectivity index (χ0) is 12.8. The molecule has 0 aromatic carbocycles. The third-order valence-corrected chi connectivity index (χ3v) is 1.84. The summed E-state index contributed by atoms with van der Waals surface area (Å²) in [4.78, 5) is 0. The van der Waals surface area contributed by atoms with Gasteiger partial charge in [-0.1, -0.05) is 6.58 Å². The van der Waals surface area contributed by atoms with Gasteiger partial charge in [-0.3, -0.25) is 0 Å². The Balaban J connectivity index is 0.000000385. The second kappa shape index (κ2) is 6.57. The molecule has 0 saturated heterocycles. The molecule has 0 fully saturated rings.